The summed E-state index contributed by atoms with van der Waals surface area (Å²) in [7, 11) is -4.29. The minimum Gasteiger partial charge on any atom is -0.352 e. The van der Waals surface area contributed by atoms with Gasteiger partial charge in [-0.1, -0.05) is 12.1 Å². The lowest BCUT2D eigenvalue weighted by Crippen LogP contribution is -2.19. The molecule has 0 spiro atoms. The summed E-state index contributed by atoms with van der Waals surface area (Å²) in [6, 6.07) is 6.74. The third-order valence-electron chi connectivity index (χ3n) is 3.54. The van der Waals surface area contributed by atoms with Gasteiger partial charge in [0.2, 0.25) is 5.91 Å². The van der Waals surface area contributed by atoms with Crippen LogP contribution in [0.5, 0.6) is 0 Å². The third kappa shape index (κ3) is 5.19. The summed E-state index contributed by atoms with van der Waals surface area (Å²) in [6.07, 6.45) is -4.81. The molecule has 0 saturated carbocycles. The van der Waals surface area contributed by atoms with E-state index in [-0.39, 0.29) is 23.4 Å². The molecule has 0 aliphatic rings. The Balaban J connectivity index is 2.31. The maximum atomic E-state index is 12.7. The number of nitro benzene ring substituents is 1. The number of halogens is 3. The van der Waals surface area contributed by atoms with E-state index < -0.39 is 38.1 Å². The highest BCUT2D eigenvalue weighted by molar-refractivity contribution is 7.92. The number of sulfonamides is 1. The summed E-state index contributed by atoms with van der Waals surface area (Å²) in [4.78, 5) is 20.6. The van der Waals surface area contributed by atoms with Crippen LogP contribution in [0.4, 0.5) is 24.5 Å². The van der Waals surface area contributed by atoms with Crippen LogP contribution in [0.15, 0.2) is 47.4 Å². The van der Waals surface area contributed by atoms with E-state index in [0.717, 1.165) is 0 Å². The molecule has 0 aromatic heterocycles. The molecule has 2 N–H and O–H groups in total. The first-order valence-electron chi connectivity index (χ1n) is 7.62. The molecule has 0 aliphatic carbocycles. The molecule has 1 amide bonds. The summed E-state index contributed by atoms with van der Waals surface area (Å²) in [5.41, 5.74) is -2.29. The maximum absolute atomic E-state index is 12.7. The number of carbonyl (C=O) groups is 1. The second-order valence-electron chi connectivity index (χ2n) is 5.65. The van der Waals surface area contributed by atoms with E-state index in [9.17, 15) is 36.5 Å². The van der Waals surface area contributed by atoms with Crippen molar-refractivity contribution in [2.45, 2.75) is 24.5 Å². The molecule has 28 heavy (non-hydrogen) atoms. The number of rotatable bonds is 6. The van der Waals surface area contributed by atoms with Gasteiger partial charge in [-0.3, -0.25) is 19.6 Å². The Labute approximate surface area is 157 Å². The molecule has 8 nitrogen and oxygen atoms in total. The molecular weight excluding hydrogens is 403 g/mol. The molecule has 0 aliphatic heterocycles. The number of nitrogens with one attached hydrogen (secondary N) is 2. The third-order valence-corrected chi connectivity index (χ3v) is 4.92. The first kappa shape index (κ1) is 21.2. The second-order valence-corrected chi connectivity index (χ2v) is 7.33. The summed E-state index contributed by atoms with van der Waals surface area (Å²) < 4.78 is 64.9. The molecule has 0 saturated heterocycles. The van der Waals surface area contributed by atoms with Gasteiger partial charge in [0.25, 0.3) is 15.7 Å². The van der Waals surface area contributed by atoms with Crippen LogP contribution >= 0.6 is 0 Å². The van der Waals surface area contributed by atoms with Gasteiger partial charge >= 0.3 is 6.18 Å². The molecule has 2 rings (SSSR count). The topological polar surface area (TPSA) is 118 Å². The van der Waals surface area contributed by atoms with Crippen LogP contribution in [0.2, 0.25) is 0 Å². The number of nitrogens with zero attached hydrogens (tertiary/aromatic N) is 1. The molecule has 12 heteroatoms. The average molecular weight is 417 g/mol. The predicted molar refractivity (Wildman–Crippen MR) is 92.9 cm³/mol. The fourth-order valence-electron chi connectivity index (χ4n) is 2.16. The van der Waals surface area contributed by atoms with Gasteiger partial charge in [-0.05, 0) is 29.8 Å². The van der Waals surface area contributed by atoms with Gasteiger partial charge in [0.05, 0.1) is 15.4 Å². The number of carbonyl (C=O) groups excluding carboxylic acids is 1. The normalized spacial score (nSPS) is 11.7. The Hall–Kier alpha value is -3.15. The Bertz CT molecular complexity index is 1010. The van der Waals surface area contributed by atoms with Crippen molar-refractivity contribution in [3.8, 4) is 0 Å². The zero-order valence-electron chi connectivity index (χ0n) is 14.3. The zero-order chi connectivity index (χ0) is 21.1. The van der Waals surface area contributed by atoms with Crippen molar-refractivity contribution in [1.82, 2.24) is 5.32 Å². The number of nitro groups is 1. The van der Waals surface area contributed by atoms with Crippen LogP contribution in [0.3, 0.4) is 0 Å². The van der Waals surface area contributed by atoms with Crippen LogP contribution in [0.1, 0.15) is 18.1 Å². The van der Waals surface area contributed by atoms with Gasteiger partial charge in [0.1, 0.15) is 5.69 Å². The van der Waals surface area contributed by atoms with E-state index >= 15 is 0 Å². The largest absolute Gasteiger partial charge is 0.416 e. The van der Waals surface area contributed by atoms with Crippen molar-refractivity contribution in [3.63, 3.8) is 0 Å². The van der Waals surface area contributed by atoms with Gasteiger partial charge in [-0.2, -0.15) is 13.2 Å². The number of hydrogen-bond donors (Lipinski definition) is 2. The van der Waals surface area contributed by atoms with Crippen LogP contribution in [0, 0.1) is 10.1 Å². The number of amides is 1. The molecule has 0 heterocycles. The lowest BCUT2D eigenvalue weighted by Gasteiger charge is -2.11. The lowest BCUT2D eigenvalue weighted by atomic mass is 10.1. The van der Waals surface area contributed by atoms with Crippen molar-refractivity contribution >= 4 is 27.3 Å². The van der Waals surface area contributed by atoms with Crippen LogP contribution in [-0.4, -0.2) is 19.2 Å². The fraction of sp³-hybridized carbons (Fsp3) is 0.188. The summed E-state index contributed by atoms with van der Waals surface area (Å²) in [6.45, 7) is 1.49. The second kappa shape index (κ2) is 7.84. The molecule has 0 atom stereocenters. The Morgan fingerprint density at radius 3 is 2.25 bits per heavy atom. The molecule has 0 unspecified atom stereocenters. The van der Waals surface area contributed by atoms with Gasteiger partial charge in [-0.15, -0.1) is 0 Å². The molecule has 2 aromatic carbocycles. The van der Waals surface area contributed by atoms with E-state index in [1.807, 2.05) is 4.72 Å². The van der Waals surface area contributed by atoms with Crippen molar-refractivity contribution < 1.29 is 31.3 Å². The van der Waals surface area contributed by atoms with Crippen LogP contribution in [-0.2, 0) is 27.5 Å². The molecule has 0 radical (unpaired) electrons. The van der Waals surface area contributed by atoms with Crippen LogP contribution in [0.25, 0.3) is 0 Å². The van der Waals surface area contributed by atoms with E-state index in [1.54, 1.807) is 0 Å². The monoisotopic (exact) mass is 417 g/mol. The quantitative estimate of drug-likeness (QED) is 0.553. The highest BCUT2D eigenvalue weighted by Crippen LogP contribution is 2.35. The van der Waals surface area contributed by atoms with Crippen molar-refractivity contribution in [3.05, 3.63) is 63.7 Å². The van der Waals surface area contributed by atoms with E-state index in [1.165, 1.54) is 31.2 Å². The average Bonchev–Trinajstić information content (AvgIpc) is 2.59. The summed E-state index contributed by atoms with van der Waals surface area (Å²) >= 11 is 0. The Kier molecular flexibility index (Phi) is 5.92. The molecule has 0 bridgehead atoms. The summed E-state index contributed by atoms with van der Waals surface area (Å²) in [5.74, 6) is -0.270. The van der Waals surface area contributed by atoms with Crippen LogP contribution < -0.4 is 10.0 Å². The first-order chi connectivity index (χ1) is 12.9. The Morgan fingerprint density at radius 1 is 1.14 bits per heavy atom. The smallest absolute Gasteiger partial charge is 0.352 e. The highest BCUT2D eigenvalue weighted by Gasteiger charge is 2.33. The highest BCUT2D eigenvalue weighted by atomic mass is 32.2. The molecule has 0 fully saturated rings. The zero-order valence-corrected chi connectivity index (χ0v) is 15.1. The number of hydrogen-bond acceptors (Lipinski definition) is 5. The number of benzene rings is 2. The standard InChI is InChI=1S/C16H14F3N3O5S/c1-10(23)20-9-11-2-5-13(6-3-11)28(26,27)21-14-7-4-12(16(17,18)19)8-15(14)22(24)25/h2-8,21H,9H2,1H3,(H,20,23). The molecular formula is C16H14F3N3O5S. The van der Waals surface area contributed by atoms with Gasteiger partial charge in [0.15, 0.2) is 0 Å². The SMILES string of the molecule is CC(=O)NCc1ccc(S(=O)(=O)Nc2ccc(C(F)(F)F)cc2[N+](=O)[O-])cc1. The van der Waals surface area contributed by atoms with Crippen molar-refractivity contribution in [2.75, 3.05) is 4.72 Å². The molecule has 2 aromatic rings. The first-order valence-corrected chi connectivity index (χ1v) is 9.10. The van der Waals surface area contributed by atoms with E-state index in [2.05, 4.69) is 5.32 Å². The summed E-state index contributed by atoms with van der Waals surface area (Å²) in [5, 5.41) is 13.6. The number of anilines is 1. The van der Waals surface area contributed by atoms with E-state index in [4.69, 9.17) is 0 Å². The Morgan fingerprint density at radius 2 is 1.75 bits per heavy atom. The maximum Gasteiger partial charge on any atom is 0.416 e. The minimum absolute atomic E-state index is 0.174. The number of alkyl halides is 3. The fourth-order valence-corrected chi connectivity index (χ4v) is 3.24. The minimum atomic E-state index is -4.81. The van der Waals surface area contributed by atoms with Gasteiger partial charge < -0.3 is 5.32 Å². The lowest BCUT2D eigenvalue weighted by molar-refractivity contribution is -0.384. The predicted octanol–water partition coefficient (Wildman–Crippen LogP) is 3.05. The van der Waals surface area contributed by atoms with Crippen molar-refractivity contribution in [1.29, 1.82) is 0 Å². The molecule has 150 valence electrons. The van der Waals surface area contributed by atoms with Gasteiger partial charge in [-0.25, -0.2) is 8.42 Å². The van der Waals surface area contributed by atoms with Gasteiger partial charge in [0, 0.05) is 19.5 Å². The van der Waals surface area contributed by atoms with Crippen molar-refractivity contribution in [2.24, 2.45) is 0 Å². The van der Waals surface area contributed by atoms with E-state index in [0.29, 0.717) is 17.7 Å².